The Labute approximate surface area is 126 Å². The third kappa shape index (κ3) is 2.83. The maximum Gasteiger partial charge on any atom is 0.221 e. The van der Waals surface area contributed by atoms with Crippen LogP contribution in [0.15, 0.2) is 59.0 Å². The van der Waals surface area contributed by atoms with Gasteiger partial charge >= 0.3 is 0 Å². The van der Waals surface area contributed by atoms with Gasteiger partial charge in [-0.2, -0.15) is 0 Å². The molecule has 0 atom stereocenters. The number of hydrogen-bond acceptors (Lipinski definition) is 3. The molecule has 1 aromatic heterocycles. The molecule has 21 heavy (non-hydrogen) atoms. The molecule has 2 aromatic carbocycles. The highest BCUT2D eigenvalue weighted by Crippen LogP contribution is 2.24. The zero-order chi connectivity index (χ0) is 14.8. The van der Waals surface area contributed by atoms with Crippen LogP contribution in [0.4, 0.5) is 0 Å². The predicted molar refractivity (Wildman–Crippen MR) is 82.7 cm³/mol. The van der Waals surface area contributed by atoms with Crippen LogP contribution in [0.2, 0.25) is 5.02 Å². The summed E-state index contributed by atoms with van der Waals surface area (Å²) in [5, 5.41) is 10.5. The summed E-state index contributed by atoms with van der Waals surface area (Å²) >= 11 is 5.81. The van der Waals surface area contributed by atoms with Crippen molar-refractivity contribution < 1.29 is 14.3 Å². The monoisotopic (exact) mass is 298 g/mol. The summed E-state index contributed by atoms with van der Waals surface area (Å²) in [6.07, 6.45) is 3.04. The second-order valence-corrected chi connectivity index (χ2v) is 4.96. The van der Waals surface area contributed by atoms with E-state index in [1.54, 1.807) is 24.3 Å². The van der Waals surface area contributed by atoms with Crippen LogP contribution < -0.4 is 0 Å². The molecule has 0 spiro atoms. The van der Waals surface area contributed by atoms with E-state index in [1.165, 1.54) is 12.1 Å². The van der Waals surface area contributed by atoms with E-state index in [1.807, 2.05) is 24.3 Å². The molecule has 0 unspecified atom stereocenters. The molecule has 4 heteroatoms. The Morgan fingerprint density at radius 1 is 1.14 bits per heavy atom. The molecule has 1 heterocycles. The van der Waals surface area contributed by atoms with E-state index < -0.39 is 0 Å². The van der Waals surface area contributed by atoms with Crippen LogP contribution in [-0.2, 0) is 0 Å². The predicted octanol–water partition coefficient (Wildman–Crippen LogP) is 4.69. The van der Waals surface area contributed by atoms with E-state index in [2.05, 4.69) is 0 Å². The number of carbonyl (C=O) groups is 1. The molecule has 0 aliphatic rings. The number of halogens is 1. The minimum atomic E-state index is -0.226. The lowest BCUT2D eigenvalue weighted by atomic mass is 10.1. The number of allylic oxidation sites excluding steroid dienone is 1. The quantitative estimate of drug-likeness (QED) is 0.564. The number of furan rings is 1. The zero-order valence-electron chi connectivity index (χ0n) is 10.9. The molecule has 3 nitrogen and oxygen atoms in total. The van der Waals surface area contributed by atoms with Crippen LogP contribution in [0.1, 0.15) is 16.1 Å². The fourth-order valence-corrected chi connectivity index (χ4v) is 2.17. The van der Waals surface area contributed by atoms with E-state index in [-0.39, 0.29) is 22.3 Å². The number of para-hydroxylation sites is 1. The fourth-order valence-electron chi connectivity index (χ4n) is 1.98. The van der Waals surface area contributed by atoms with Crippen LogP contribution in [-0.4, -0.2) is 10.9 Å². The third-order valence-electron chi connectivity index (χ3n) is 3.07. The number of hydrogen-bond donors (Lipinski definition) is 1. The van der Waals surface area contributed by atoms with Crippen LogP contribution in [0, 0.1) is 0 Å². The van der Waals surface area contributed by atoms with Gasteiger partial charge in [0.15, 0.2) is 5.76 Å². The summed E-state index contributed by atoms with van der Waals surface area (Å²) in [5.41, 5.74) is 1.41. The number of benzene rings is 2. The first-order valence-electron chi connectivity index (χ1n) is 6.33. The third-order valence-corrected chi connectivity index (χ3v) is 3.37. The Balaban J connectivity index is 1.84. The standard InChI is InChI=1S/C17H11ClO3/c18-13-9-11(5-7-14(13)19)6-8-15(20)17-10-12-3-1-2-4-16(12)21-17/h1-10,19H. The Kier molecular flexibility index (Phi) is 3.50. The molecule has 0 saturated carbocycles. The molecular weight excluding hydrogens is 288 g/mol. The normalized spacial score (nSPS) is 11.3. The maximum absolute atomic E-state index is 12.1. The number of ketones is 1. The largest absolute Gasteiger partial charge is 0.506 e. The number of fused-ring (bicyclic) bond motifs is 1. The lowest BCUT2D eigenvalue weighted by molar-refractivity contribution is 0.102. The van der Waals surface area contributed by atoms with Gasteiger partial charge in [0.1, 0.15) is 11.3 Å². The van der Waals surface area contributed by atoms with Crippen molar-refractivity contribution in [1.82, 2.24) is 0 Å². The second-order valence-electron chi connectivity index (χ2n) is 4.56. The lowest BCUT2D eigenvalue weighted by Gasteiger charge is -1.97. The minimum absolute atomic E-state index is 0.0115. The molecule has 0 aliphatic carbocycles. The molecule has 0 bridgehead atoms. The van der Waals surface area contributed by atoms with Gasteiger partial charge in [-0.15, -0.1) is 0 Å². The Bertz CT molecular complexity index is 813. The average molecular weight is 299 g/mol. The first-order valence-corrected chi connectivity index (χ1v) is 6.71. The first kappa shape index (κ1) is 13.5. The van der Waals surface area contributed by atoms with E-state index in [0.29, 0.717) is 5.58 Å². The van der Waals surface area contributed by atoms with Gasteiger partial charge in [-0.1, -0.05) is 41.9 Å². The van der Waals surface area contributed by atoms with Crippen LogP contribution in [0.3, 0.4) is 0 Å². The second kappa shape index (κ2) is 5.46. The molecule has 3 rings (SSSR count). The molecule has 104 valence electrons. The summed E-state index contributed by atoms with van der Waals surface area (Å²) in [5.74, 6) is 0.0742. The summed E-state index contributed by atoms with van der Waals surface area (Å²) in [7, 11) is 0. The summed E-state index contributed by atoms with van der Waals surface area (Å²) < 4.78 is 5.49. The Morgan fingerprint density at radius 2 is 1.95 bits per heavy atom. The van der Waals surface area contributed by atoms with Gasteiger partial charge in [0.2, 0.25) is 5.78 Å². The topological polar surface area (TPSA) is 50.4 Å². The number of rotatable bonds is 3. The van der Waals surface area contributed by atoms with Gasteiger partial charge in [-0.3, -0.25) is 4.79 Å². The van der Waals surface area contributed by atoms with Crippen molar-refractivity contribution in [3.8, 4) is 5.75 Å². The molecule has 0 amide bonds. The highest BCUT2D eigenvalue weighted by atomic mass is 35.5. The van der Waals surface area contributed by atoms with E-state index in [9.17, 15) is 9.90 Å². The van der Waals surface area contributed by atoms with Gasteiger partial charge in [0.25, 0.3) is 0 Å². The average Bonchev–Trinajstić information content (AvgIpc) is 2.92. The Morgan fingerprint density at radius 3 is 2.71 bits per heavy atom. The summed E-state index contributed by atoms with van der Waals surface area (Å²) in [6, 6.07) is 13.9. The maximum atomic E-state index is 12.1. The molecule has 3 aromatic rings. The van der Waals surface area contributed by atoms with Crippen molar-refractivity contribution in [2.24, 2.45) is 0 Å². The van der Waals surface area contributed by atoms with Gasteiger partial charge < -0.3 is 9.52 Å². The van der Waals surface area contributed by atoms with Crippen molar-refractivity contribution in [3.63, 3.8) is 0 Å². The van der Waals surface area contributed by atoms with Crippen LogP contribution >= 0.6 is 11.6 Å². The van der Waals surface area contributed by atoms with Crippen molar-refractivity contribution in [2.75, 3.05) is 0 Å². The van der Waals surface area contributed by atoms with Crippen LogP contribution in [0.5, 0.6) is 5.75 Å². The Hall–Kier alpha value is -2.52. The lowest BCUT2D eigenvalue weighted by Crippen LogP contribution is -1.90. The smallest absolute Gasteiger partial charge is 0.221 e. The van der Waals surface area contributed by atoms with Gasteiger partial charge in [-0.05, 0) is 35.9 Å². The molecular formula is C17H11ClO3. The summed E-state index contributed by atoms with van der Waals surface area (Å²) in [4.78, 5) is 12.1. The molecule has 0 saturated heterocycles. The van der Waals surface area contributed by atoms with E-state index >= 15 is 0 Å². The highest BCUT2D eigenvalue weighted by molar-refractivity contribution is 6.32. The number of aromatic hydroxyl groups is 1. The van der Waals surface area contributed by atoms with Gasteiger partial charge in [0, 0.05) is 5.39 Å². The van der Waals surface area contributed by atoms with Crippen LogP contribution in [0.25, 0.3) is 17.0 Å². The summed E-state index contributed by atoms with van der Waals surface area (Å²) in [6.45, 7) is 0. The first-order chi connectivity index (χ1) is 10.1. The molecule has 0 fully saturated rings. The SMILES string of the molecule is O=C(C=Cc1ccc(O)c(Cl)c1)c1cc2ccccc2o1. The zero-order valence-corrected chi connectivity index (χ0v) is 11.7. The van der Waals surface area contributed by atoms with Crippen molar-refractivity contribution in [2.45, 2.75) is 0 Å². The van der Waals surface area contributed by atoms with Gasteiger partial charge in [-0.25, -0.2) is 0 Å². The fraction of sp³-hybridized carbons (Fsp3) is 0. The van der Waals surface area contributed by atoms with Gasteiger partial charge in [0.05, 0.1) is 5.02 Å². The minimum Gasteiger partial charge on any atom is -0.506 e. The molecule has 1 N–H and O–H groups in total. The highest BCUT2D eigenvalue weighted by Gasteiger charge is 2.09. The van der Waals surface area contributed by atoms with Crippen molar-refractivity contribution in [3.05, 3.63) is 71.0 Å². The van der Waals surface area contributed by atoms with E-state index in [4.69, 9.17) is 16.0 Å². The van der Waals surface area contributed by atoms with E-state index in [0.717, 1.165) is 10.9 Å². The molecule has 0 radical (unpaired) electrons. The van der Waals surface area contributed by atoms with Crippen molar-refractivity contribution in [1.29, 1.82) is 0 Å². The number of phenols is 1. The molecule has 0 aliphatic heterocycles. The number of phenolic OH excluding ortho intramolecular Hbond substituents is 1. The number of carbonyl (C=O) groups excluding carboxylic acids is 1. The van der Waals surface area contributed by atoms with Crippen molar-refractivity contribution >= 4 is 34.4 Å².